The lowest BCUT2D eigenvalue weighted by Gasteiger charge is -2.16. The highest BCUT2D eigenvalue weighted by Crippen LogP contribution is 2.24. The molecule has 0 rings (SSSR count). The second-order valence-corrected chi connectivity index (χ2v) is 3.84. The van der Waals surface area contributed by atoms with E-state index in [1.807, 2.05) is 0 Å². The van der Waals surface area contributed by atoms with E-state index in [1.165, 1.54) is 0 Å². The van der Waals surface area contributed by atoms with Crippen molar-refractivity contribution in [1.29, 1.82) is 0 Å². The Balaban J connectivity index is 4.73. The van der Waals surface area contributed by atoms with Gasteiger partial charge < -0.3 is 0 Å². The Morgan fingerprint density at radius 2 is 1.27 bits per heavy atom. The number of rotatable bonds is 8. The van der Waals surface area contributed by atoms with E-state index in [2.05, 4.69) is 0 Å². The molecule has 6 nitrogen and oxygen atoms in total. The molecule has 0 aromatic rings. The van der Waals surface area contributed by atoms with Crippen LogP contribution in [0.4, 0.5) is 0 Å². The van der Waals surface area contributed by atoms with Gasteiger partial charge in [-0.05, 0) is 12.8 Å². The number of nitro groups is 2. The molecule has 0 heterocycles. The summed E-state index contributed by atoms with van der Waals surface area (Å²) in [7, 11) is 0. The van der Waals surface area contributed by atoms with Crippen molar-refractivity contribution in [2.24, 2.45) is 0 Å². The van der Waals surface area contributed by atoms with Crippen molar-refractivity contribution in [1.82, 2.24) is 0 Å². The molecule has 0 aromatic heterocycles. The number of alkyl halides is 2. The molecular formula is C7H12Cl2N2O4. The number of hydrogen-bond acceptors (Lipinski definition) is 4. The van der Waals surface area contributed by atoms with Crippen LogP contribution in [0.25, 0.3) is 0 Å². The van der Waals surface area contributed by atoms with Gasteiger partial charge >= 0.3 is 5.66 Å². The fraction of sp³-hybridized carbons (Fsp3) is 1.00. The third-order valence-electron chi connectivity index (χ3n) is 2.10. The van der Waals surface area contributed by atoms with Crippen LogP contribution in [0, 0.1) is 20.2 Å². The highest BCUT2D eigenvalue weighted by atomic mass is 35.5. The third kappa shape index (κ3) is 3.79. The zero-order chi connectivity index (χ0) is 11.9. The molecule has 0 bridgehead atoms. The van der Waals surface area contributed by atoms with Crippen LogP contribution in [0.1, 0.15) is 25.7 Å². The van der Waals surface area contributed by atoms with Crippen molar-refractivity contribution in [3.8, 4) is 0 Å². The normalized spacial score (nSPS) is 11.3. The molecule has 0 saturated carbocycles. The SMILES string of the molecule is O=[N+]([O-])C(CCCCl)(CCCCl)[N+](=O)[O-]. The van der Waals surface area contributed by atoms with Crippen molar-refractivity contribution in [2.45, 2.75) is 31.3 Å². The summed E-state index contributed by atoms with van der Waals surface area (Å²) in [5.74, 6) is 0.342. The van der Waals surface area contributed by atoms with Gasteiger partial charge in [0.2, 0.25) is 0 Å². The summed E-state index contributed by atoms with van der Waals surface area (Å²) in [5.41, 5.74) is -2.12. The van der Waals surface area contributed by atoms with Gasteiger partial charge in [0.15, 0.2) is 0 Å². The molecule has 0 saturated heterocycles. The molecule has 0 N–H and O–H groups in total. The predicted molar refractivity (Wildman–Crippen MR) is 56.6 cm³/mol. The minimum Gasteiger partial charge on any atom is -0.258 e. The monoisotopic (exact) mass is 258 g/mol. The molecule has 0 aliphatic carbocycles. The predicted octanol–water partition coefficient (Wildman–Crippen LogP) is 2.27. The zero-order valence-electron chi connectivity index (χ0n) is 8.03. The highest BCUT2D eigenvalue weighted by Gasteiger charge is 2.54. The average molecular weight is 259 g/mol. The zero-order valence-corrected chi connectivity index (χ0v) is 9.54. The minimum absolute atomic E-state index is 0.159. The Morgan fingerprint density at radius 1 is 0.933 bits per heavy atom. The van der Waals surface area contributed by atoms with Crippen LogP contribution >= 0.6 is 23.2 Å². The lowest BCUT2D eigenvalue weighted by Crippen LogP contribution is -2.46. The summed E-state index contributed by atoms with van der Waals surface area (Å²) in [6, 6.07) is 0. The standard InChI is InChI=1S/C7H12Cl2N2O4/c8-5-1-3-7(10(12)13,11(14)15)4-2-6-9/h1-6H2. The molecule has 0 aromatic carbocycles. The first-order valence-corrected chi connectivity index (χ1v) is 5.49. The summed E-state index contributed by atoms with van der Waals surface area (Å²) < 4.78 is 0. The van der Waals surface area contributed by atoms with E-state index in [0.29, 0.717) is 0 Å². The van der Waals surface area contributed by atoms with Gasteiger partial charge in [0, 0.05) is 11.8 Å². The fourth-order valence-electron chi connectivity index (χ4n) is 1.26. The lowest BCUT2D eigenvalue weighted by atomic mass is 10.00. The molecule has 88 valence electrons. The largest absolute Gasteiger partial charge is 0.458 e. The molecule has 0 aliphatic rings. The Morgan fingerprint density at radius 3 is 1.47 bits per heavy atom. The van der Waals surface area contributed by atoms with Crippen LogP contribution in [0.3, 0.4) is 0 Å². The lowest BCUT2D eigenvalue weighted by molar-refractivity contribution is -0.798. The van der Waals surface area contributed by atoms with Gasteiger partial charge in [0.05, 0.1) is 22.7 Å². The van der Waals surface area contributed by atoms with E-state index < -0.39 is 15.5 Å². The maximum Gasteiger partial charge on any atom is 0.458 e. The van der Waals surface area contributed by atoms with Gasteiger partial charge in [-0.1, -0.05) is 0 Å². The first-order chi connectivity index (χ1) is 7.01. The maximum atomic E-state index is 10.8. The van der Waals surface area contributed by atoms with Crippen LogP contribution in [0.15, 0.2) is 0 Å². The molecule has 0 radical (unpaired) electrons. The summed E-state index contributed by atoms with van der Waals surface area (Å²) in [6.45, 7) is 0. The van der Waals surface area contributed by atoms with Gasteiger partial charge in [-0.3, -0.25) is 20.2 Å². The molecular weight excluding hydrogens is 247 g/mol. The molecule has 0 fully saturated rings. The molecule has 0 aliphatic heterocycles. The van der Waals surface area contributed by atoms with E-state index in [-0.39, 0.29) is 37.4 Å². The summed E-state index contributed by atoms with van der Waals surface area (Å²) >= 11 is 10.8. The maximum absolute atomic E-state index is 10.8. The molecule has 0 atom stereocenters. The van der Waals surface area contributed by atoms with Gasteiger partial charge in [0.1, 0.15) is 0 Å². The van der Waals surface area contributed by atoms with Gasteiger partial charge in [-0.15, -0.1) is 23.2 Å². The minimum atomic E-state index is -2.12. The number of nitrogens with zero attached hydrogens (tertiary/aromatic N) is 2. The summed E-state index contributed by atoms with van der Waals surface area (Å²) in [5, 5.41) is 21.5. The van der Waals surface area contributed by atoms with Gasteiger partial charge in [-0.25, -0.2) is 0 Å². The Hall–Kier alpha value is -0.620. The van der Waals surface area contributed by atoms with E-state index in [0.717, 1.165) is 0 Å². The smallest absolute Gasteiger partial charge is 0.258 e. The molecule has 15 heavy (non-hydrogen) atoms. The Labute approximate surface area is 96.8 Å². The first-order valence-electron chi connectivity index (χ1n) is 4.42. The van der Waals surface area contributed by atoms with Crippen LogP contribution < -0.4 is 0 Å². The highest BCUT2D eigenvalue weighted by molar-refractivity contribution is 6.18. The van der Waals surface area contributed by atoms with E-state index >= 15 is 0 Å². The van der Waals surface area contributed by atoms with Crippen LogP contribution in [0.2, 0.25) is 0 Å². The van der Waals surface area contributed by atoms with E-state index in [1.54, 1.807) is 0 Å². The van der Waals surface area contributed by atoms with Crippen molar-refractivity contribution in [2.75, 3.05) is 11.8 Å². The van der Waals surface area contributed by atoms with E-state index in [9.17, 15) is 20.2 Å². The second-order valence-electron chi connectivity index (χ2n) is 3.08. The fourth-order valence-corrected chi connectivity index (χ4v) is 1.52. The first kappa shape index (κ1) is 14.4. The second kappa shape index (κ2) is 6.79. The van der Waals surface area contributed by atoms with Crippen LogP contribution in [-0.2, 0) is 0 Å². The van der Waals surface area contributed by atoms with Gasteiger partial charge in [0.25, 0.3) is 0 Å². The Kier molecular flexibility index (Phi) is 6.51. The third-order valence-corrected chi connectivity index (χ3v) is 2.64. The molecule has 8 heteroatoms. The van der Waals surface area contributed by atoms with Crippen molar-refractivity contribution in [3.63, 3.8) is 0 Å². The van der Waals surface area contributed by atoms with Crippen LogP contribution in [-0.4, -0.2) is 27.3 Å². The average Bonchev–Trinajstić information content (AvgIpc) is 2.17. The summed E-state index contributed by atoms with van der Waals surface area (Å²) in [6.07, 6.45) is 0.165. The topological polar surface area (TPSA) is 86.3 Å². The van der Waals surface area contributed by atoms with Crippen LogP contribution in [0.5, 0.6) is 0 Å². The number of halogens is 2. The molecule has 0 spiro atoms. The van der Waals surface area contributed by atoms with Crippen molar-refractivity contribution < 1.29 is 9.85 Å². The van der Waals surface area contributed by atoms with Crippen molar-refractivity contribution in [3.05, 3.63) is 20.2 Å². The van der Waals surface area contributed by atoms with E-state index in [4.69, 9.17) is 23.2 Å². The summed E-state index contributed by atoms with van der Waals surface area (Å²) in [4.78, 5) is 19.8. The van der Waals surface area contributed by atoms with Gasteiger partial charge in [-0.2, -0.15) is 0 Å². The Bertz CT molecular complexity index is 213. The van der Waals surface area contributed by atoms with Crippen molar-refractivity contribution >= 4 is 23.2 Å². The molecule has 0 unspecified atom stereocenters. The quantitative estimate of drug-likeness (QED) is 0.289. The molecule has 0 amide bonds. The number of hydrogen-bond donors (Lipinski definition) is 0.